The van der Waals surface area contributed by atoms with Gasteiger partial charge >= 0.3 is 0 Å². The Balaban J connectivity index is 1.49. The molecule has 1 aliphatic rings. The molecule has 1 aromatic heterocycles. The lowest BCUT2D eigenvalue weighted by Crippen LogP contribution is -2.45. The van der Waals surface area contributed by atoms with Crippen LogP contribution < -0.4 is 5.43 Å². The van der Waals surface area contributed by atoms with Crippen LogP contribution in [0.25, 0.3) is 16.8 Å². The summed E-state index contributed by atoms with van der Waals surface area (Å²) in [6.45, 7) is 0. The molecule has 4 rings (SSSR count). The Morgan fingerprint density at radius 1 is 1.11 bits per heavy atom. The van der Waals surface area contributed by atoms with E-state index in [0.29, 0.717) is 14.9 Å². The zero-order chi connectivity index (χ0) is 19.5. The van der Waals surface area contributed by atoms with Crippen LogP contribution in [0.4, 0.5) is 0 Å². The zero-order valence-corrected chi connectivity index (χ0v) is 16.3. The first-order valence-electron chi connectivity index (χ1n) is 8.57. The number of aromatic nitrogens is 1. The molecule has 28 heavy (non-hydrogen) atoms. The molecule has 1 aliphatic heterocycles. The number of thiocarbonyl (C=S) groups is 1. The number of nitrogens with zero attached hydrogens (tertiary/aromatic N) is 2. The van der Waals surface area contributed by atoms with Gasteiger partial charge in [0, 0.05) is 6.20 Å². The summed E-state index contributed by atoms with van der Waals surface area (Å²) in [4.78, 5) is 29.8. The molecule has 1 saturated heterocycles. The summed E-state index contributed by atoms with van der Waals surface area (Å²) in [7, 11) is 0. The predicted octanol–water partition coefficient (Wildman–Crippen LogP) is 3.71. The largest absolute Gasteiger partial charge is 0.285 e. The summed E-state index contributed by atoms with van der Waals surface area (Å²) in [6.07, 6.45) is 3.46. The number of fused-ring (bicyclic) bond motifs is 1. The molecule has 2 heterocycles. The highest BCUT2D eigenvalue weighted by molar-refractivity contribution is 8.26. The number of thioether (sulfide) groups is 1. The third kappa shape index (κ3) is 3.81. The highest BCUT2D eigenvalue weighted by atomic mass is 32.2. The fraction of sp³-hybridized carbons (Fsp3) is 0.0476. The smallest absolute Gasteiger partial charge is 0.273 e. The van der Waals surface area contributed by atoms with Crippen molar-refractivity contribution >= 4 is 57.0 Å². The van der Waals surface area contributed by atoms with Gasteiger partial charge in [0.1, 0.15) is 0 Å². The molecular weight excluding hydrogens is 390 g/mol. The number of benzene rings is 2. The maximum atomic E-state index is 12.6. The van der Waals surface area contributed by atoms with Gasteiger partial charge in [0.15, 0.2) is 4.32 Å². The molecule has 0 spiro atoms. The van der Waals surface area contributed by atoms with Gasteiger partial charge < -0.3 is 0 Å². The first-order valence-corrected chi connectivity index (χ1v) is 9.79. The van der Waals surface area contributed by atoms with Crippen molar-refractivity contribution in [1.82, 2.24) is 15.4 Å². The molecule has 2 amide bonds. The minimum absolute atomic E-state index is 0.150. The number of nitrogens with one attached hydrogen (secondary N) is 1. The van der Waals surface area contributed by atoms with Gasteiger partial charge in [-0.2, -0.15) is 5.01 Å². The second kappa shape index (κ2) is 7.92. The average Bonchev–Trinajstić information content (AvgIpc) is 2.96. The van der Waals surface area contributed by atoms with Crippen molar-refractivity contribution in [2.24, 2.45) is 0 Å². The summed E-state index contributed by atoms with van der Waals surface area (Å²) in [6, 6.07) is 19.1. The van der Waals surface area contributed by atoms with E-state index < -0.39 is 0 Å². The molecule has 3 aromatic rings. The molecule has 1 fully saturated rings. The van der Waals surface area contributed by atoms with Gasteiger partial charge in [-0.25, -0.2) is 0 Å². The predicted molar refractivity (Wildman–Crippen MR) is 115 cm³/mol. The molecule has 0 radical (unpaired) electrons. The van der Waals surface area contributed by atoms with Gasteiger partial charge in [-0.15, -0.1) is 0 Å². The van der Waals surface area contributed by atoms with Crippen LogP contribution in [0.5, 0.6) is 0 Å². The zero-order valence-electron chi connectivity index (χ0n) is 14.7. The van der Waals surface area contributed by atoms with E-state index in [2.05, 4.69) is 10.4 Å². The van der Waals surface area contributed by atoms with Gasteiger partial charge in [0.25, 0.3) is 5.91 Å². The molecule has 0 unspecified atom stereocenters. The Hall–Kier alpha value is -3.03. The van der Waals surface area contributed by atoms with E-state index in [1.807, 2.05) is 48.5 Å². The lowest BCUT2D eigenvalue weighted by Gasteiger charge is -2.16. The van der Waals surface area contributed by atoms with Crippen molar-refractivity contribution < 1.29 is 9.59 Å². The Morgan fingerprint density at radius 3 is 2.71 bits per heavy atom. The highest BCUT2D eigenvalue weighted by Gasteiger charge is 2.33. The Morgan fingerprint density at radius 2 is 1.89 bits per heavy atom. The van der Waals surface area contributed by atoms with Crippen LogP contribution in [-0.4, -0.2) is 26.1 Å². The van der Waals surface area contributed by atoms with Gasteiger partial charge in [0.05, 0.1) is 17.0 Å². The maximum absolute atomic E-state index is 12.6. The summed E-state index contributed by atoms with van der Waals surface area (Å²) < 4.78 is 0.290. The van der Waals surface area contributed by atoms with E-state index in [0.717, 1.165) is 33.1 Å². The van der Waals surface area contributed by atoms with Crippen molar-refractivity contribution in [3.05, 3.63) is 83.0 Å². The number of hydrogen-bond donors (Lipinski definition) is 1. The van der Waals surface area contributed by atoms with E-state index in [1.54, 1.807) is 24.4 Å². The molecule has 0 atom stereocenters. The second-order valence-electron chi connectivity index (χ2n) is 6.12. The standard InChI is InChI=1S/C21H15N3O2S2/c25-19(12-15-8-5-7-14-6-1-2-10-17(14)15)23-24-20(26)18(28-21(24)27)13-16-9-3-4-11-22-16/h1-11,13H,12H2,(H,23,25)/b18-13-. The lowest BCUT2D eigenvalue weighted by molar-refractivity contribution is -0.132. The fourth-order valence-electron chi connectivity index (χ4n) is 2.94. The monoisotopic (exact) mass is 405 g/mol. The molecule has 1 N–H and O–H groups in total. The van der Waals surface area contributed by atoms with Gasteiger partial charge in [-0.3, -0.25) is 20.0 Å². The first-order chi connectivity index (χ1) is 13.6. The molecule has 0 bridgehead atoms. The number of carbonyl (C=O) groups excluding carboxylic acids is 2. The Bertz CT molecular complexity index is 1110. The number of hydrazine groups is 1. The van der Waals surface area contributed by atoms with Crippen LogP contribution in [-0.2, 0) is 16.0 Å². The normalized spacial score (nSPS) is 15.4. The third-order valence-corrected chi connectivity index (χ3v) is 5.53. The number of hydrogen-bond acceptors (Lipinski definition) is 5. The van der Waals surface area contributed by atoms with Crippen molar-refractivity contribution in [2.75, 3.05) is 0 Å². The summed E-state index contributed by atoms with van der Waals surface area (Å²) in [5, 5.41) is 3.21. The topological polar surface area (TPSA) is 62.3 Å². The fourth-order valence-corrected chi connectivity index (χ4v) is 4.11. The van der Waals surface area contributed by atoms with E-state index in [-0.39, 0.29) is 18.2 Å². The van der Waals surface area contributed by atoms with Crippen molar-refractivity contribution in [3.63, 3.8) is 0 Å². The molecule has 138 valence electrons. The van der Waals surface area contributed by atoms with E-state index in [4.69, 9.17) is 12.2 Å². The summed E-state index contributed by atoms with van der Waals surface area (Å²) in [5.41, 5.74) is 4.18. The van der Waals surface area contributed by atoms with Crippen LogP contribution in [0.15, 0.2) is 71.8 Å². The molecule has 0 saturated carbocycles. The SMILES string of the molecule is O=C(Cc1cccc2ccccc12)NN1C(=O)/C(=C/c2ccccn2)SC1=S. The molecular formula is C21H15N3O2S2. The number of carbonyl (C=O) groups is 2. The number of rotatable bonds is 4. The van der Waals surface area contributed by atoms with Crippen LogP contribution in [0.2, 0.25) is 0 Å². The minimum atomic E-state index is -0.355. The van der Waals surface area contributed by atoms with Gasteiger partial charge in [-0.1, -0.05) is 60.3 Å². The van der Waals surface area contributed by atoms with E-state index >= 15 is 0 Å². The van der Waals surface area contributed by atoms with Crippen molar-refractivity contribution in [2.45, 2.75) is 6.42 Å². The van der Waals surface area contributed by atoms with Gasteiger partial charge in [-0.05, 0) is 46.8 Å². The van der Waals surface area contributed by atoms with E-state index in [1.165, 1.54) is 0 Å². The first kappa shape index (κ1) is 18.3. The number of pyridine rings is 1. The van der Waals surface area contributed by atoms with Crippen molar-refractivity contribution in [3.8, 4) is 0 Å². The Kier molecular flexibility index (Phi) is 5.18. The highest BCUT2D eigenvalue weighted by Crippen LogP contribution is 2.31. The van der Waals surface area contributed by atoms with Crippen LogP contribution in [0.3, 0.4) is 0 Å². The minimum Gasteiger partial charge on any atom is -0.273 e. The summed E-state index contributed by atoms with van der Waals surface area (Å²) >= 11 is 6.40. The lowest BCUT2D eigenvalue weighted by atomic mass is 10.0. The molecule has 2 aromatic carbocycles. The quantitative estimate of drug-likeness (QED) is 0.530. The van der Waals surface area contributed by atoms with Crippen LogP contribution in [0.1, 0.15) is 11.3 Å². The maximum Gasteiger partial charge on any atom is 0.285 e. The van der Waals surface area contributed by atoms with Crippen molar-refractivity contribution in [1.29, 1.82) is 0 Å². The molecule has 7 heteroatoms. The molecule has 0 aliphatic carbocycles. The van der Waals surface area contributed by atoms with Crippen LogP contribution >= 0.6 is 24.0 Å². The summed E-state index contributed by atoms with van der Waals surface area (Å²) in [5.74, 6) is -0.654. The third-order valence-electron chi connectivity index (χ3n) is 4.23. The number of amides is 2. The second-order valence-corrected chi connectivity index (χ2v) is 7.80. The van der Waals surface area contributed by atoms with Crippen LogP contribution in [0, 0.1) is 0 Å². The Labute approximate surface area is 171 Å². The van der Waals surface area contributed by atoms with Gasteiger partial charge in [0.2, 0.25) is 5.91 Å². The molecule has 5 nitrogen and oxygen atoms in total. The average molecular weight is 406 g/mol. The van der Waals surface area contributed by atoms with E-state index in [9.17, 15) is 9.59 Å².